The number of hydrogen-bond acceptors (Lipinski definition) is 3. The van der Waals surface area contributed by atoms with Crippen molar-refractivity contribution >= 4 is 33.9 Å². The van der Waals surface area contributed by atoms with E-state index in [1.54, 1.807) is 6.20 Å². The van der Waals surface area contributed by atoms with Crippen LogP contribution >= 0.6 is 11.6 Å². The van der Waals surface area contributed by atoms with Gasteiger partial charge in [-0.1, -0.05) is 11.6 Å². The Balaban J connectivity index is 2.97. The fourth-order valence-electron chi connectivity index (χ4n) is 1.97. The molecule has 0 radical (unpaired) electrons. The summed E-state index contributed by atoms with van der Waals surface area (Å²) in [6.45, 7) is 3.96. The standard InChI is InChI=1S/C12H14ClN3/c1-6-4-9-10(7(2)11(6)13)12(15-3)8(14)5-16-9/h4-5H,14H2,1-3H3,(H,15,16). The Labute approximate surface area is 99.6 Å². The molecule has 0 unspecified atom stereocenters. The van der Waals surface area contributed by atoms with E-state index in [-0.39, 0.29) is 0 Å². The summed E-state index contributed by atoms with van der Waals surface area (Å²) in [4.78, 5) is 4.33. The molecule has 1 aromatic heterocycles. The number of halogens is 1. The maximum atomic E-state index is 6.24. The lowest BCUT2D eigenvalue weighted by Gasteiger charge is -2.13. The Bertz CT molecular complexity index is 564. The monoisotopic (exact) mass is 235 g/mol. The van der Waals surface area contributed by atoms with Gasteiger partial charge in [-0.2, -0.15) is 0 Å². The summed E-state index contributed by atoms with van der Waals surface area (Å²) in [7, 11) is 1.85. The fraction of sp³-hybridized carbons (Fsp3) is 0.250. The molecule has 1 heterocycles. The highest BCUT2D eigenvalue weighted by Gasteiger charge is 2.12. The van der Waals surface area contributed by atoms with Gasteiger partial charge in [-0.25, -0.2) is 0 Å². The quantitative estimate of drug-likeness (QED) is 0.799. The van der Waals surface area contributed by atoms with Gasteiger partial charge in [0, 0.05) is 17.5 Å². The zero-order chi connectivity index (χ0) is 11.9. The molecule has 3 N–H and O–H groups in total. The third kappa shape index (κ3) is 1.48. The van der Waals surface area contributed by atoms with Crippen LogP contribution in [-0.2, 0) is 0 Å². The van der Waals surface area contributed by atoms with E-state index in [0.717, 1.165) is 32.7 Å². The van der Waals surface area contributed by atoms with Crippen LogP contribution in [0.5, 0.6) is 0 Å². The summed E-state index contributed by atoms with van der Waals surface area (Å²) < 4.78 is 0. The topological polar surface area (TPSA) is 50.9 Å². The van der Waals surface area contributed by atoms with Crippen LogP contribution in [0, 0.1) is 13.8 Å². The number of aryl methyl sites for hydroxylation is 2. The third-order valence-electron chi connectivity index (χ3n) is 2.79. The molecule has 0 saturated heterocycles. The van der Waals surface area contributed by atoms with Gasteiger partial charge in [0.15, 0.2) is 0 Å². The summed E-state index contributed by atoms with van der Waals surface area (Å²) >= 11 is 6.24. The molecular formula is C12H14ClN3. The predicted octanol–water partition coefficient (Wildman–Crippen LogP) is 3.13. The van der Waals surface area contributed by atoms with Gasteiger partial charge in [0.1, 0.15) is 0 Å². The number of hydrogen-bond donors (Lipinski definition) is 2. The Hall–Kier alpha value is -1.48. The average Bonchev–Trinajstić information content (AvgIpc) is 2.27. The first-order valence-corrected chi connectivity index (χ1v) is 5.45. The first-order chi connectivity index (χ1) is 7.56. The molecule has 0 aliphatic carbocycles. The molecule has 0 spiro atoms. The van der Waals surface area contributed by atoms with Gasteiger partial charge >= 0.3 is 0 Å². The molecule has 16 heavy (non-hydrogen) atoms. The van der Waals surface area contributed by atoms with E-state index in [9.17, 15) is 0 Å². The van der Waals surface area contributed by atoms with Crippen molar-refractivity contribution < 1.29 is 0 Å². The molecule has 0 amide bonds. The van der Waals surface area contributed by atoms with Crippen molar-refractivity contribution in [3.05, 3.63) is 28.4 Å². The molecule has 0 bridgehead atoms. The number of nitrogens with one attached hydrogen (secondary N) is 1. The van der Waals surface area contributed by atoms with Crippen LogP contribution in [-0.4, -0.2) is 12.0 Å². The smallest absolute Gasteiger partial charge is 0.0743 e. The van der Waals surface area contributed by atoms with E-state index in [1.165, 1.54) is 0 Å². The van der Waals surface area contributed by atoms with E-state index in [4.69, 9.17) is 17.3 Å². The Morgan fingerprint density at radius 3 is 2.69 bits per heavy atom. The number of fused-ring (bicyclic) bond motifs is 1. The fourth-order valence-corrected chi connectivity index (χ4v) is 2.12. The average molecular weight is 236 g/mol. The summed E-state index contributed by atoms with van der Waals surface area (Å²) in [5, 5.41) is 4.87. The third-order valence-corrected chi connectivity index (χ3v) is 3.37. The van der Waals surface area contributed by atoms with Crippen molar-refractivity contribution in [2.24, 2.45) is 0 Å². The van der Waals surface area contributed by atoms with Crippen molar-refractivity contribution in [3.63, 3.8) is 0 Å². The van der Waals surface area contributed by atoms with E-state index in [1.807, 2.05) is 27.0 Å². The van der Waals surface area contributed by atoms with Crippen molar-refractivity contribution in [3.8, 4) is 0 Å². The van der Waals surface area contributed by atoms with Crippen LogP contribution in [0.25, 0.3) is 10.9 Å². The second-order valence-corrected chi connectivity index (χ2v) is 4.24. The lowest BCUT2D eigenvalue weighted by molar-refractivity contribution is 1.35. The van der Waals surface area contributed by atoms with E-state index < -0.39 is 0 Å². The van der Waals surface area contributed by atoms with Gasteiger partial charge in [0.2, 0.25) is 0 Å². The van der Waals surface area contributed by atoms with Crippen LogP contribution in [0.2, 0.25) is 5.02 Å². The molecule has 4 heteroatoms. The number of pyridine rings is 1. The Kier molecular flexibility index (Phi) is 2.64. The van der Waals surface area contributed by atoms with Crippen molar-refractivity contribution in [1.29, 1.82) is 0 Å². The molecule has 0 saturated carbocycles. The minimum absolute atomic E-state index is 0.637. The molecule has 0 aliphatic rings. The lowest BCUT2D eigenvalue weighted by atomic mass is 10.0. The van der Waals surface area contributed by atoms with Crippen LogP contribution < -0.4 is 11.1 Å². The summed E-state index contributed by atoms with van der Waals surface area (Å²) in [5.74, 6) is 0. The van der Waals surface area contributed by atoms with Crippen LogP contribution in [0.3, 0.4) is 0 Å². The maximum absolute atomic E-state index is 6.24. The van der Waals surface area contributed by atoms with Gasteiger partial charge in [-0.15, -0.1) is 0 Å². The lowest BCUT2D eigenvalue weighted by Crippen LogP contribution is -2.00. The van der Waals surface area contributed by atoms with Gasteiger partial charge in [-0.05, 0) is 31.0 Å². The molecular weight excluding hydrogens is 222 g/mol. The zero-order valence-electron chi connectivity index (χ0n) is 9.56. The van der Waals surface area contributed by atoms with Gasteiger partial charge < -0.3 is 11.1 Å². The SMILES string of the molecule is CNc1c(N)cnc2cc(C)c(Cl)c(C)c12. The molecule has 0 fully saturated rings. The van der Waals surface area contributed by atoms with Gasteiger partial charge in [0.25, 0.3) is 0 Å². The van der Waals surface area contributed by atoms with Crippen LogP contribution in [0.4, 0.5) is 11.4 Å². The van der Waals surface area contributed by atoms with E-state index in [2.05, 4.69) is 10.3 Å². The zero-order valence-corrected chi connectivity index (χ0v) is 10.3. The second kappa shape index (κ2) is 3.83. The van der Waals surface area contributed by atoms with Crippen LogP contribution in [0.15, 0.2) is 12.3 Å². The normalized spacial score (nSPS) is 10.8. The molecule has 84 valence electrons. The van der Waals surface area contributed by atoms with Crippen molar-refractivity contribution in [1.82, 2.24) is 4.98 Å². The summed E-state index contributed by atoms with van der Waals surface area (Å²) in [6.07, 6.45) is 1.67. The number of nitrogens with zero attached hydrogens (tertiary/aromatic N) is 1. The number of nitrogens with two attached hydrogens (primary N) is 1. The minimum Gasteiger partial charge on any atom is -0.396 e. The number of nitrogen functional groups attached to an aromatic ring is 1. The van der Waals surface area contributed by atoms with Crippen LogP contribution in [0.1, 0.15) is 11.1 Å². The molecule has 0 aliphatic heterocycles. The number of rotatable bonds is 1. The second-order valence-electron chi connectivity index (χ2n) is 3.87. The van der Waals surface area contributed by atoms with Gasteiger partial charge in [-0.3, -0.25) is 4.98 Å². The first kappa shape index (κ1) is 11.0. The molecule has 2 aromatic rings. The van der Waals surface area contributed by atoms with Gasteiger partial charge in [0.05, 0.1) is 23.1 Å². The molecule has 0 atom stereocenters. The maximum Gasteiger partial charge on any atom is 0.0743 e. The Morgan fingerprint density at radius 1 is 1.38 bits per heavy atom. The highest BCUT2D eigenvalue weighted by atomic mass is 35.5. The summed E-state index contributed by atoms with van der Waals surface area (Å²) in [6, 6.07) is 1.98. The molecule has 3 nitrogen and oxygen atoms in total. The number of anilines is 2. The minimum atomic E-state index is 0.637. The first-order valence-electron chi connectivity index (χ1n) is 5.08. The Morgan fingerprint density at radius 2 is 2.06 bits per heavy atom. The van der Waals surface area contributed by atoms with Crippen molar-refractivity contribution in [2.75, 3.05) is 18.1 Å². The largest absolute Gasteiger partial charge is 0.396 e. The molecule has 2 rings (SSSR count). The number of aromatic nitrogens is 1. The summed E-state index contributed by atoms with van der Waals surface area (Å²) in [5.41, 5.74) is 10.4. The predicted molar refractivity (Wildman–Crippen MR) is 70.2 cm³/mol. The highest BCUT2D eigenvalue weighted by molar-refractivity contribution is 6.33. The van der Waals surface area contributed by atoms with E-state index in [0.29, 0.717) is 5.69 Å². The molecule has 1 aromatic carbocycles. The highest BCUT2D eigenvalue weighted by Crippen LogP contribution is 2.35. The van der Waals surface area contributed by atoms with Crippen molar-refractivity contribution in [2.45, 2.75) is 13.8 Å². The number of benzene rings is 1. The van der Waals surface area contributed by atoms with E-state index >= 15 is 0 Å².